The van der Waals surface area contributed by atoms with Gasteiger partial charge in [-0.15, -0.1) is 0 Å². The summed E-state index contributed by atoms with van der Waals surface area (Å²) in [4.78, 5) is 14.2. The van der Waals surface area contributed by atoms with Crippen LogP contribution in [0.5, 0.6) is 11.5 Å². The number of carbonyl (C=O) groups is 1. The molecule has 1 amide bonds. The molecule has 1 aromatic rings. The van der Waals surface area contributed by atoms with Crippen LogP contribution in [-0.2, 0) is 0 Å². The molecule has 106 valence electrons. The van der Waals surface area contributed by atoms with Crippen molar-refractivity contribution in [3.05, 3.63) is 23.8 Å². The van der Waals surface area contributed by atoms with Crippen LogP contribution in [0, 0.1) is 5.92 Å². The van der Waals surface area contributed by atoms with Gasteiger partial charge in [0.25, 0.3) is 5.91 Å². The first-order chi connectivity index (χ1) is 9.03. The fraction of sp³-hybridized carbons (Fsp3) is 0.533. The predicted octanol–water partition coefficient (Wildman–Crippen LogP) is 2.82. The zero-order chi connectivity index (χ0) is 14.4. The zero-order valence-electron chi connectivity index (χ0n) is 12.4. The van der Waals surface area contributed by atoms with Crippen molar-refractivity contribution in [2.24, 2.45) is 5.92 Å². The Labute approximate surface area is 115 Å². The summed E-state index contributed by atoms with van der Waals surface area (Å²) in [7, 11) is 3.15. The molecule has 0 N–H and O–H groups in total. The molecule has 0 saturated carbocycles. The van der Waals surface area contributed by atoms with Crippen LogP contribution < -0.4 is 9.47 Å². The molecule has 1 rings (SSSR count). The van der Waals surface area contributed by atoms with Gasteiger partial charge in [0.15, 0.2) is 11.5 Å². The molecule has 0 aliphatic heterocycles. The molecule has 0 aromatic heterocycles. The number of methoxy groups -OCH3 is 2. The van der Waals surface area contributed by atoms with Crippen molar-refractivity contribution < 1.29 is 14.3 Å². The highest BCUT2D eigenvalue weighted by atomic mass is 16.5. The molecule has 0 spiro atoms. The number of nitrogens with zero attached hydrogens (tertiary/aromatic N) is 1. The molecule has 0 atom stereocenters. The predicted molar refractivity (Wildman–Crippen MR) is 76.0 cm³/mol. The van der Waals surface area contributed by atoms with Crippen LogP contribution in [0.15, 0.2) is 18.2 Å². The first-order valence-corrected chi connectivity index (χ1v) is 6.54. The zero-order valence-corrected chi connectivity index (χ0v) is 12.4. The highest BCUT2D eigenvalue weighted by molar-refractivity contribution is 5.95. The number of ether oxygens (including phenoxy) is 2. The highest BCUT2D eigenvalue weighted by Crippen LogP contribution is 2.28. The molecule has 19 heavy (non-hydrogen) atoms. The summed E-state index contributed by atoms with van der Waals surface area (Å²) < 4.78 is 10.4. The van der Waals surface area contributed by atoms with Crippen LogP contribution in [0.2, 0.25) is 0 Å². The third kappa shape index (κ3) is 3.88. The lowest BCUT2D eigenvalue weighted by Gasteiger charge is -2.23. The van der Waals surface area contributed by atoms with Gasteiger partial charge in [-0.25, -0.2) is 0 Å². The third-order valence-electron chi connectivity index (χ3n) is 2.88. The van der Waals surface area contributed by atoms with Crippen molar-refractivity contribution in [1.29, 1.82) is 0 Å². The number of hydrogen-bond acceptors (Lipinski definition) is 3. The van der Waals surface area contributed by atoms with Crippen molar-refractivity contribution in [2.75, 3.05) is 27.3 Å². The van der Waals surface area contributed by atoms with E-state index >= 15 is 0 Å². The summed E-state index contributed by atoms with van der Waals surface area (Å²) in [5.74, 6) is 1.68. The Kier molecular flexibility index (Phi) is 5.67. The Morgan fingerprint density at radius 2 is 1.84 bits per heavy atom. The van der Waals surface area contributed by atoms with Gasteiger partial charge in [-0.2, -0.15) is 0 Å². The summed E-state index contributed by atoms with van der Waals surface area (Å²) in [6.45, 7) is 7.64. The molecule has 0 fully saturated rings. The van der Waals surface area contributed by atoms with Crippen LogP contribution in [0.4, 0.5) is 0 Å². The fourth-order valence-corrected chi connectivity index (χ4v) is 1.95. The van der Waals surface area contributed by atoms with Crippen molar-refractivity contribution in [3.8, 4) is 11.5 Å². The monoisotopic (exact) mass is 265 g/mol. The van der Waals surface area contributed by atoms with E-state index in [0.717, 1.165) is 6.54 Å². The van der Waals surface area contributed by atoms with E-state index in [0.29, 0.717) is 29.5 Å². The average Bonchev–Trinajstić information content (AvgIpc) is 2.42. The lowest BCUT2D eigenvalue weighted by molar-refractivity contribution is 0.0745. The molecule has 0 aliphatic rings. The van der Waals surface area contributed by atoms with Gasteiger partial charge in [0.2, 0.25) is 0 Å². The first-order valence-electron chi connectivity index (χ1n) is 6.54. The maximum absolute atomic E-state index is 12.4. The average molecular weight is 265 g/mol. The van der Waals surface area contributed by atoms with E-state index in [-0.39, 0.29) is 5.91 Å². The minimum absolute atomic E-state index is 0.0251. The SMILES string of the molecule is CCN(CC(C)C)C(=O)c1ccc(OC)c(OC)c1. The third-order valence-corrected chi connectivity index (χ3v) is 2.88. The summed E-state index contributed by atoms with van der Waals surface area (Å²) in [6, 6.07) is 5.26. The van der Waals surface area contributed by atoms with Crippen molar-refractivity contribution in [3.63, 3.8) is 0 Å². The smallest absolute Gasteiger partial charge is 0.253 e. The molecule has 0 radical (unpaired) electrons. The van der Waals surface area contributed by atoms with Gasteiger partial charge in [-0.05, 0) is 31.0 Å². The number of carbonyl (C=O) groups excluding carboxylic acids is 1. The van der Waals surface area contributed by atoms with E-state index in [1.54, 1.807) is 32.4 Å². The Morgan fingerprint density at radius 1 is 1.21 bits per heavy atom. The first kappa shape index (κ1) is 15.3. The number of rotatable bonds is 6. The molecule has 0 heterocycles. The summed E-state index contributed by atoms with van der Waals surface area (Å²) in [5, 5.41) is 0. The Hall–Kier alpha value is -1.71. The fourth-order valence-electron chi connectivity index (χ4n) is 1.95. The van der Waals surface area contributed by atoms with E-state index in [2.05, 4.69) is 13.8 Å². The van der Waals surface area contributed by atoms with Gasteiger partial charge in [0.05, 0.1) is 14.2 Å². The Bertz CT molecular complexity index is 429. The maximum Gasteiger partial charge on any atom is 0.253 e. The molecule has 1 aromatic carbocycles. The van der Waals surface area contributed by atoms with E-state index in [4.69, 9.17) is 9.47 Å². The lowest BCUT2D eigenvalue weighted by atomic mass is 10.1. The van der Waals surface area contributed by atoms with E-state index < -0.39 is 0 Å². The van der Waals surface area contributed by atoms with Gasteiger partial charge >= 0.3 is 0 Å². The molecular formula is C15H23NO3. The molecule has 4 heteroatoms. The minimum Gasteiger partial charge on any atom is -0.493 e. The van der Waals surface area contributed by atoms with E-state index in [1.165, 1.54) is 0 Å². The van der Waals surface area contributed by atoms with Crippen molar-refractivity contribution in [1.82, 2.24) is 4.90 Å². The van der Waals surface area contributed by atoms with Gasteiger partial charge in [0, 0.05) is 18.7 Å². The molecule has 0 unspecified atom stereocenters. The standard InChI is InChI=1S/C15H23NO3/c1-6-16(10-11(2)3)15(17)12-7-8-13(18-4)14(9-12)19-5/h7-9,11H,6,10H2,1-5H3. The minimum atomic E-state index is 0.0251. The Balaban J connectivity index is 2.98. The van der Waals surface area contributed by atoms with Gasteiger partial charge in [-0.1, -0.05) is 13.8 Å². The largest absolute Gasteiger partial charge is 0.493 e. The number of hydrogen-bond donors (Lipinski definition) is 0. The van der Waals surface area contributed by atoms with E-state index in [9.17, 15) is 4.79 Å². The van der Waals surface area contributed by atoms with Gasteiger partial charge in [0.1, 0.15) is 0 Å². The molecule has 4 nitrogen and oxygen atoms in total. The lowest BCUT2D eigenvalue weighted by Crippen LogP contribution is -2.34. The van der Waals surface area contributed by atoms with Crippen molar-refractivity contribution in [2.45, 2.75) is 20.8 Å². The molecular weight excluding hydrogens is 242 g/mol. The second-order valence-corrected chi connectivity index (χ2v) is 4.81. The molecule has 0 saturated heterocycles. The van der Waals surface area contributed by atoms with Crippen LogP contribution in [0.1, 0.15) is 31.1 Å². The maximum atomic E-state index is 12.4. The summed E-state index contributed by atoms with van der Waals surface area (Å²) in [5.41, 5.74) is 0.625. The Morgan fingerprint density at radius 3 is 2.32 bits per heavy atom. The number of benzene rings is 1. The molecule has 0 aliphatic carbocycles. The van der Waals surface area contributed by atoms with Crippen LogP contribution in [0.3, 0.4) is 0 Å². The van der Waals surface area contributed by atoms with E-state index in [1.807, 2.05) is 11.8 Å². The normalized spacial score (nSPS) is 10.4. The number of amides is 1. The highest BCUT2D eigenvalue weighted by Gasteiger charge is 2.17. The summed E-state index contributed by atoms with van der Waals surface area (Å²) >= 11 is 0. The van der Waals surface area contributed by atoms with Gasteiger partial charge in [-0.3, -0.25) is 4.79 Å². The quantitative estimate of drug-likeness (QED) is 0.794. The van der Waals surface area contributed by atoms with Crippen LogP contribution in [0.25, 0.3) is 0 Å². The topological polar surface area (TPSA) is 38.8 Å². The van der Waals surface area contributed by atoms with Gasteiger partial charge < -0.3 is 14.4 Å². The van der Waals surface area contributed by atoms with Crippen LogP contribution >= 0.6 is 0 Å². The second-order valence-electron chi connectivity index (χ2n) is 4.81. The summed E-state index contributed by atoms with van der Waals surface area (Å²) in [6.07, 6.45) is 0. The van der Waals surface area contributed by atoms with Crippen LogP contribution in [-0.4, -0.2) is 38.1 Å². The second kappa shape index (κ2) is 7.02. The molecule has 0 bridgehead atoms. The van der Waals surface area contributed by atoms with Crippen molar-refractivity contribution >= 4 is 5.91 Å².